The van der Waals surface area contributed by atoms with Crippen LogP contribution < -0.4 is 19.8 Å². The maximum atomic E-state index is 5.36. The van der Waals surface area contributed by atoms with Gasteiger partial charge in [-0.2, -0.15) is 0 Å². The predicted octanol–water partition coefficient (Wildman–Crippen LogP) is 2.51. The lowest BCUT2D eigenvalue weighted by molar-refractivity contribution is 0.414. The largest absolute Gasteiger partial charge is 0.497 e. The number of methoxy groups -OCH3 is 2. The fourth-order valence-electron chi connectivity index (χ4n) is 2.98. The zero-order chi connectivity index (χ0) is 13.6. The molecule has 0 amide bonds. The number of ether oxygens (including phenoxy) is 2. The van der Waals surface area contributed by atoms with Crippen molar-refractivity contribution >= 4 is 18.4 Å². The Bertz CT molecular complexity index is 592. The highest BCUT2D eigenvalue weighted by Crippen LogP contribution is 2.32. The van der Waals surface area contributed by atoms with Gasteiger partial charge in [0.1, 0.15) is 19.6 Å². The van der Waals surface area contributed by atoms with E-state index in [4.69, 9.17) is 9.47 Å². The standard InChI is InChI=1S/C16H18O2Si/c1-17-11-5-7-15-13(9-11)14-10-12(18-2)6-8-16(14)19(15,3)4/h5-10H,1-4H3. The molecule has 0 atom stereocenters. The third-order valence-corrected chi connectivity index (χ3v) is 7.66. The van der Waals surface area contributed by atoms with E-state index < -0.39 is 8.07 Å². The van der Waals surface area contributed by atoms with Crippen molar-refractivity contribution < 1.29 is 9.47 Å². The first-order valence-corrected chi connectivity index (χ1v) is 9.45. The Morgan fingerprint density at radius 2 is 1.16 bits per heavy atom. The van der Waals surface area contributed by atoms with Crippen LogP contribution in [-0.4, -0.2) is 22.3 Å². The average molecular weight is 270 g/mol. The summed E-state index contributed by atoms with van der Waals surface area (Å²) >= 11 is 0. The van der Waals surface area contributed by atoms with Gasteiger partial charge < -0.3 is 9.47 Å². The normalized spacial score (nSPS) is 14.7. The van der Waals surface area contributed by atoms with Crippen LogP contribution in [-0.2, 0) is 0 Å². The smallest absolute Gasteiger partial charge is 0.119 e. The second kappa shape index (κ2) is 4.13. The summed E-state index contributed by atoms with van der Waals surface area (Å²) in [4.78, 5) is 0. The third-order valence-electron chi connectivity index (χ3n) is 4.09. The van der Waals surface area contributed by atoms with Gasteiger partial charge in [0.2, 0.25) is 0 Å². The molecule has 0 saturated carbocycles. The molecule has 3 heteroatoms. The summed E-state index contributed by atoms with van der Waals surface area (Å²) in [5.41, 5.74) is 2.62. The summed E-state index contributed by atoms with van der Waals surface area (Å²) in [5, 5.41) is 2.97. The molecule has 0 N–H and O–H groups in total. The van der Waals surface area contributed by atoms with Crippen LogP contribution in [0.3, 0.4) is 0 Å². The minimum Gasteiger partial charge on any atom is -0.497 e. The molecule has 2 aromatic rings. The van der Waals surface area contributed by atoms with Crippen LogP contribution in [0.2, 0.25) is 13.1 Å². The first-order chi connectivity index (χ1) is 9.07. The molecule has 0 bridgehead atoms. The van der Waals surface area contributed by atoms with Crippen molar-refractivity contribution in [3.05, 3.63) is 36.4 Å². The first-order valence-electron chi connectivity index (χ1n) is 6.45. The highest BCUT2D eigenvalue weighted by atomic mass is 28.3. The van der Waals surface area contributed by atoms with E-state index in [9.17, 15) is 0 Å². The summed E-state index contributed by atoms with van der Waals surface area (Å²) < 4.78 is 10.7. The van der Waals surface area contributed by atoms with Crippen molar-refractivity contribution in [1.29, 1.82) is 0 Å². The molecule has 1 heterocycles. The molecular weight excluding hydrogens is 252 g/mol. The molecule has 0 aromatic heterocycles. The van der Waals surface area contributed by atoms with Gasteiger partial charge in [0, 0.05) is 0 Å². The van der Waals surface area contributed by atoms with E-state index in [1.807, 2.05) is 0 Å². The SMILES string of the molecule is COc1ccc2c(c1)-c1cc(OC)ccc1[Si]2(C)C. The fraction of sp³-hybridized carbons (Fsp3) is 0.250. The third kappa shape index (κ3) is 1.69. The van der Waals surface area contributed by atoms with Gasteiger partial charge in [0.15, 0.2) is 0 Å². The van der Waals surface area contributed by atoms with Gasteiger partial charge in [0.25, 0.3) is 0 Å². The zero-order valence-electron chi connectivity index (χ0n) is 11.8. The first kappa shape index (κ1) is 12.3. The van der Waals surface area contributed by atoms with Crippen molar-refractivity contribution in [2.75, 3.05) is 14.2 Å². The Balaban J connectivity index is 2.29. The highest BCUT2D eigenvalue weighted by Gasteiger charge is 2.37. The average Bonchev–Trinajstić information content (AvgIpc) is 2.66. The van der Waals surface area contributed by atoms with Crippen LogP contribution in [0.5, 0.6) is 11.5 Å². The van der Waals surface area contributed by atoms with Crippen LogP contribution in [0.15, 0.2) is 36.4 Å². The monoisotopic (exact) mass is 270 g/mol. The number of hydrogen-bond acceptors (Lipinski definition) is 2. The molecule has 0 fully saturated rings. The summed E-state index contributed by atoms with van der Waals surface area (Å²) in [6.45, 7) is 4.80. The van der Waals surface area contributed by atoms with Gasteiger partial charge in [-0.15, -0.1) is 0 Å². The van der Waals surface area contributed by atoms with Crippen LogP contribution in [0.4, 0.5) is 0 Å². The van der Waals surface area contributed by atoms with Crippen LogP contribution in [0.1, 0.15) is 0 Å². The fourth-order valence-corrected chi connectivity index (χ4v) is 6.03. The molecule has 2 nitrogen and oxygen atoms in total. The lowest BCUT2D eigenvalue weighted by atomic mass is 10.1. The van der Waals surface area contributed by atoms with Crippen molar-refractivity contribution in [2.45, 2.75) is 13.1 Å². The molecule has 1 aliphatic heterocycles. The number of benzene rings is 2. The topological polar surface area (TPSA) is 18.5 Å². The maximum absolute atomic E-state index is 5.36. The summed E-state index contributed by atoms with van der Waals surface area (Å²) in [7, 11) is 1.86. The Labute approximate surface area is 115 Å². The molecule has 0 spiro atoms. The van der Waals surface area contributed by atoms with Crippen LogP contribution >= 0.6 is 0 Å². The molecule has 98 valence electrons. The molecule has 19 heavy (non-hydrogen) atoms. The van der Waals surface area contributed by atoms with E-state index in [1.165, 1.54) is 21.5 Å². The van der Waals surface area contributed by atoms with Gasteiger partial charge in [-0.1, -0.05) is 25.2 Å². The molecule has 2 aromatic carbocycles. The van der Waals surface area contributed by atoms with Crippen molar-refractivity contribution in [3.8, 4) is 22.6 Å². The second-order valence-corrected chi connectivity index (χ2v) is 9.78. The number of rotatable bonds is 2. The minimum atomic E-state index is -1.56. The molecule has 3 rings (SSSR count). The number of fused-ring (bicyclic) bond motifs is 3. The zero-order valence-corrected chi connectivity index (χ0v) is 12.8. The lowest BCUT2D eigenvalue weighted by Gasteiger charge is -2.18. The Morgan fingerprint density at radius 3 is 1.53 bits per heavy atom. The molecular formula is C16H18O2Si. The molecule has 0 saturated heterocycles. The van der Waals surface area contributed by atoms with E-state index in [-0.39, 0.29) is 0 Å². The Kier molecular flexibility index (Phi) is 2.68. The predicted molar refractivity (Wildman–Crippen MR) is 81.7 cm³/mol. The van der Waals surface area contributed by atoms with Crippen molar-refractivity contribution in [3.63, 3.8) is 0 Å². The number of hydrogen-bond donors (Lipinski definition) is 0. The second-order valence-electron chi connectivity index (χ2n) is 5.45. The van der Waals surface area contributed by atoms with Gasteiger partial charge in [-0.05, 0) is 45.8 Å². The molecule has 0 aliphatic carbocycles. The van der Waals surface area contributed by atoms with Crippen molar-refractivity contribution in [2.24, 2.45) is 0 Å². The van der Waals surface area contributed by atoms with Crippen molar-refractivity contribution in [1.82, 2.24) is 0 Å². The van der Waals surface area contributed by atoms with E-state index in [1.54, 1.807) is 14.2 Å². The molecule has 1 aliphatic rings. The van der Waals surface area contributed by atoms with Gasteiger partial charge >= 0.3 is 0 Å². The molecule has 0 radical (unpaired) electrons. The van der Waals surface area contributed by atoms with E-state index in [0.717, 1.165) is 11.5 Å². The quantitative estimate of drug-likeness (QED) is 0.781. The van der Waals surface area contributed by atoms with Gasteiger partial charge in [0.05, 0.1) is 14.2 Å². The minimum absolute atomic E-state index is 0.916. The van der Waals surface area contributed by atoms with Crippen LogP contribution in [0, 0.1) is 0 Å². The summed E-state index contributed by atoms with van der Waals surface area (Å²) in [6.07, 6.45) is 0. The summed E-state index contributed by atoms with van der Waals surface area (Å²) in [6, 6.07) is 12.9. The van der Waals surface area contributed by atoms with Crippen LogP contribution in [0.25, 0.3) is 11.1 Å². The molecule has 0 unspecified atom stereocenters. The Hall–Kier alpha value is -1.74. The Morgan fingerprint density at radius 1 is 0.737 bits per heavy atom. The maximum Gasteiger partial charge on any atom is 0.119 e. The van der Waals surface area contributed by atoms with Gasteiger partial charge in [-0.3, -0.25) is 0 Å². The highest BCUT2D eigenvalue weighted by molar-refractivity contribution is 7.03. The summed E-state index contributed by atoms with van der Waals surface area (Å²) in [5.74, 6) is 1.83. The van der Waals surface area contributed by atoms with Gasteiger partial charge in [-0.25, -0.2) is 0 Å². The lowest BCUT2D eigenvalue weighted by Crippen LogP contribution is -2.49. The van der Waals surface area contributed by atoms with E-state index in [0.29, 0.717) is 0 Å². The van der Waals surface area contributed by atoms with E-state index >= 15 is 0 Å². The van der Waals surface area contributed by atoms with E-state index in [2.05, 4.69) is 49.5 Å².